The van der Waals surface area contributed by atoms with Crippen LogP contribution >= 0.6 is 0 Å². The summed E-state index contributed by atoms with van der Waals surface area (Å²) in [4.78, 5) is 0. The van der Waals surface area contributed by atoms with E-state index in [2.05, 4.69) is 97.1 Å². The maximum Gasteiger partial charge on any atom is 0.136 e. The Hall–Kier alpha value is -5.08. The first-order chi connectivity index (χ1) is 18.8. The van der Waals surface area contributed by atoms with Crippen molar-refractivity contribution in [3.63, 3.8) is 0 Å². The molecule has 38 heavy (non-hydrogen) atoms. The molecule has 2 heteroatoms. The molecule has 0 aliphatic heterocycles. The molecule has 0 atom stereocenters. The second-order valence-electron chi connectivity index (χ2n) is 10.1. The summed E-state index contributed by atoms with van der Waals surface area (Å²) in [6.45, 7) is 0. The van der Waals surface area contributed by atoms with E-state index >= 15 is 0 Å². The van der Waals surface area contributed by atoms with Crippen molar-refractivity contribution in [3.8, 4) is 11.1 Å². The van der Waals surface area contributed by atoms with Crippen molar-refractivity contribution in [1.29, 1.82) is 0 Å². The zero-order valence-corrected chi connectivity index (χ0v) is 20.4. The van der Waals surface area contributed by atoms with Crippen LogP contribution in [0.3, 0.4) is 0 Å². The first kappa shape index (κ1) is 20.0. The van der Waals surface area contributed by atoms with Crippen LogP contribution in [0.4, 0.5) is 0 Å². The van der Waals surface area contributed by atoms with Crippen LogP contribution in [-0.4, -0.2) is 0 Å². The van der Waals surface area contributed by atoms with Gasteiger partial charge in [0.25, 0.3) is 0 Å². The van der Waals surface area contributed by atoms with E-state index in [1.54, 1.807) is 0 Å². The number of hydrogen-bond donors (Lipinski definition) is 0. The Morgan fingerprint density at radius 2 is 1.00 bits per heavy atom. The summed E-state index contributed by atoms with van der Waals surface area (Å²) in [7, 11) is 0. The monoisotopic (exact) mass is 484 g/mol. The lowest BCUT2D eigenvalue weighted by molar-refractivity contribution is 0.669. The fraction of sp³-hybridized carbons (Fsp3) is 0. The van der Waals surface area contributed by atoms with Crippen molar-refractivity contribution < 1.29 is 8.83 Å². The summed E-state index contributed by atoms with van der Waals surface area (Å²) in [6, 6.07) is 43.2. The molecule has 0 amide bonds. The summed E-state index contributed by atoms with van der Waals surface area (Å²) < 4.78 is 12.4. The highest BCUT2D eigenvalue weighted by Crippen LogP contribution is 2.43. The quantitative estimate of drug-likeness (QED) is 0.217. The highest BCUT2D eigenvalue weighted by Gasteiger charge is 2.16. The van der Waals surface area contributed by atoms with Crippen LogP contribution < -0.4 is 0 Å². The predicted molar refractivity (Wildman–Crippen MR) is 159 cm³/mol. The highest BCUT2D eigenvalue weighted by atomic mass is 16.3. The van der Waals surface area contributed by atoms with Crippen LogP contribution in [0.1, 0.15) is 0 Å². The van der Waals surface area contributed by atoms with Crippen molar-refractivity contribution in [2.75, 3.05) is 0 Å². The zero-order chi connectivity index (χ0) is 24.8. The first-order valence-electron chi connectivity index (χ1n) is 12.9. The maximum absolute atomic E-state index is 6.29. The first-order valence-corrected chi connectivity index (χ1v) is 12.9. The van der Waals surface area contributed by atoms with Gasteiger partial charge in [0.2, 0.25) is 0 Å². The highest BCUT2D eigenvalue weighted by molar-refractivity contribution is 6.26. The van der Waals surface area contributed by atoms with Crippen molar-refractivity contribution in [2.45, 2.75) is 0 Å². The summed E-state index contributed by atoms with van der Waals surface area (Å²) in [6.07, 6.45) is 0. The van der Waals surface area contributed by atoms with Gasteiger partial charge >= 0.3 is 0 Å². The number of furan rings is 2. The lowest BCUT2D eigenvalue weighted by Crippen LogP contribution is -1.87. The molecular formula is C36H20O2. The lowest BCUT2D eigenvalue weighted by Gasteiger charge is -2.14. The second-order valence-corrected chi connectivity index (χ2v) is 10.1. The van der Waals surface area contributed by atoms with E-state index in [-0.39, 0.29) is 0 Å². The number of rotatable bonds is 1. The molecule has 7 aromatic carbocycles. The van der Waals surface area contributed by atoms with Gasteiger partial charge in [0.05, 0.1) is 0 Å². The Kier molecular flexibility index (Phi) is 3.82. The minimum atomic E-state index is 0.912. The van der Waals surface area contributed by atoms with Gasteiger partial charge in [-0.1, -0.05) is 78.9 Å². The summed E-state index contributed by atoms with van der Waals surface area (Å²) in [5.74, 6) is 0. The SMILES string of the molecule is c1ccc2c(c1)ccc1c(-c3ccc4oc5ccccc5c4c3)cc3cc4oc5ccccc5c4cc3c12. The van der Waals surface area contributed by atoms with Gasteiger partial charge in [0.1, 0.15) is 22.3 Å². The van der Waals surface area contributed by atoms with Crippen molar-refractivity contribution in [1.82, 2.24) is 0 Å². The van der Waals surface area contributed by atoms with Gasteiger partial charge in [-0.3, -0.25) is 0 Å². The average Bonchev–Trinajstić information content (AvgIpc) is 3.52. The van der Waals surface area contributed by atoms with Crippen LogP contribution in [0.5, 0.6) is 0 Å². The summed E-state index contributed by atoms with van der Waals surface area (Å²) in [5.41, 5.74) is 6.05. The van der Waals surface area contributed by atoms with Gasteiger partial charge in [-0.15, -0.1) is 0 Å². The largest absolute Gasteiger partial charge is 0.456 e. The van der Waals surface area contributed by atoms with Crippen LogP contribution in [0.2, 0.25) is 0 Å². The second kappa shape index (κ2) is 7.24. The van der Waals surface area contributed by atoms with E-state index in [1.165, 1.54) is 43.4 Å². The van der Waals surface area contributed by atoms with Crippen LogP contribution in [0, 0.1) is 0 Å². The van der Waals surface area contributed by atoms with Gasteiger partial charge in [-0.25, -0.2) is 0 Å². The molecule has 0 bridgehead atoms. The molecule has 2 heterocycles. The lowest BCUT2D eigenvalue weighted by atomic mass is 9.89. The minimum absolute atomic E-state index is 0.912. The van der Waals surface area contributed by atoms with E-state index in [0.29, 0.717) is 0 Å². The van der Waals surface area contributed by atoms with Crippen LogP contribution in [0.15, 0.2) is 130 Å². The van der Waals surface area contributed by atoms with Gasteiger partial charge in [0, 0.05) is 21.5 Å². The summed E-state index contributed by atoms with van der Waals surface area (Å²) >= 11 is 0. The van der Waals surface area contributed by atoms with Crippen molar-refractivity contribution >= 4 is 76.2 Å². The molecule has 176 valence electrons. The van der Waals surface area contributed by atoms with Gasteiger partial charge in [-0.2, -0.15) is 0 Å². The third-order valence-corrected chi connectivity index (χ3v) is 8.02. The van der Waals surface area contributed by atoms with Crippen molar-refractivity contribution in [2.24, 2.45) is 0 Å². The van der Waals surface area contributed by atoms with Crippen LogP contribution in [-0.2, 0) is 0 Å². The molecule has 2 nitrogen and oxygen atoms in total. The number of para-hydroxylation sites is 2. The Bertz CT molecular complexity index is 2400. The standard InChI is InChI=1S/C36H20O2/c1-2-8-24-21(7-1)13-15-27-28(22-14-16-34-30(17-22)25-9-3-5-11-32(25)37-34)18-23-19-35-31(20-29(23)36(24)27)26-10-4-6-12-33(26)38-35/h1-20H. The molecule has 0 saturated carbocycles. The normalized spacial score (nSPS) is 12.2. The number of fused-ring (bicyclic) bond motifs is 11. The minimum Gasteiger partial charge on any atom is -0.456 e. The molecule has 2 aromatic heterocycles. The summed E-state index contributed by atoms with van der Waals surface area (Å²) in [5, 5.41) is 12.0. The number of hydrogen-bond acceptors (Lipinski definition) is 2. The Morgan fingerprint density at radius 3 is 1.82 bits per heavy atom. The third kappa shape index (κ3) is 2.66. The predicted octanol–water partition coefficient (Wildman–Crippen LogP) is 10.6. The molecule has 0 aliphatic carbocycles. The fourth-order valence-electron chi connectivity index (χ4n) is 6.27. The smallest absolute Gasteiger partial charge is 0.136 e. The molecule has 0 fully saturated rings. The Balaban J connectivity index is 1.45. The molecule has 9 rings (SSSR count). The third-order valence-electron chi connectivity index (χ3n) is 8.02. The van der Waals surface area contributed by atoms with E-state index in [1.807, 2.05) is 24.3 Å². The van der Waals surface area contributed by atoms with Crippen molar-refractivity contribution in [3.05, 3.63) is 121 Å². The van der Waals surface area contributed by atoms with E-state index in [9.17, 15) is 0 Å². The molecule has 0 unspecified atom stereocenters. The van der Waals surface area contributed by atoms with Crippen LogP contribution in [0.25, 0.3) is 87.3 Å². The van der Waals surface area contributed by atoms with E-state index < -0.39 is 0 Å². The van der Waals surface area contributed by atoms with E-state index in [4.69, 9.17) is 8.83 Å². The molecule has 0 saturated heterocycles. The fourth-order valence-corrected chi connectivity index (χ4v) is 6.27. The Morgan fingerprint density at radius 1 is 0.342 bits per heavy atom. The van der Waals surface area contributed by atoms with Gasteiger partial charge in [-0.05, 0) is 85.9 Å². The molecule has 0 N–H and O–H groups in total. The molecule has 0 aliphatic rings. The Labute approximate surface area is 217 Å². The van der Waals surface area contributed by atoms with Gasteiger partial charge < -0.3 is 8.83 Å². The molecule has 0 radical (unpaired) electrons. The maximum atomic E-state index is 6.29. The molecule has 9 aromatic rings. The molecular weight excluding hydrogens is 464 g/mol. The number of benzene rings is 7. The topological polar surface area (TPSA) is 26.3 Å². The van der Waals surface area contributed by atoms with E-state index in [0.717, 1.165) is 43.9 Å². The zero-order valence-electron chi connectivity index (χ0n) is 20.4. The molecule has 0 spiro atoms. The average molecular weight is 485 g/mol. The van der Waals surface area contributed by atoms with Gasteiger partial charge in [0.15, 0.2) is 0 Å².